The van der Waals surface area contributed by atoms with E-state index in [1.807, 2.05) is 0 Å². The van der Waals surface area contributed by atoms with Gasteiger partial charge in [-0.15, -0.1) is 0 Å². The molecule has 0 N–H and O–H groups in total. The van der Waals surface area contributed by atoms with Gasteiger partial charge < -0.3 is 0 Å². The Morgan fingerprint density at radius 2 is 1.77 bits per heavy atom. The number of hydrogen-bond acceptors (Lipinski definition) is 0. The van der Waals surface area contributed by atoms with Crippen LogP contribution >= 0.6 is 0 Å². The maximum absolute atomic E-state index is 13.3. The molecular weight excluding hydrogens is 170 g/mol. The number of halogens is 2. The van der Waals surface area contributed by atoms with E-state index in [-0.39, 0.29) is 11.6 Å². The number of rotatable bonds is 0. The van der Waals surface area contributed by atoms with Crippen LogP contribution in [0.3, 0.4) is 0 Å². The topological polar surface area (TPSA) is 0 Å². The molecule has 0 aliphatic rings. The smallest absolute Gasteiger partial charge is 0.131 e. The van der Waals surface area contributed by atoms with Crippen molar-refractivity contribution in [3.8, 4) is 0 Å². The summed E-state index contributed by atoms with van der Waals surface area (Å²) in [6.07, 6.45) is 0. The van der Waals surface area contributed by atoms with Crippen molar-refractivity contribution in [3.63, 3.8) is 0 Å². The zero-order valence-electron chi connectivity index (χ0n) is 7.14. The third-order valence-electron chi connectivity index (χ3n) is 2.01. The van der Waals surface area contributed by atoms with E-state index in [4.69, 9.17) is 0 Å². The summed E-state index contributed by atoms with van der Waals surface area (Å²) in [7, 11) is 0. The first-order valence-corrected chi connectivity index (χ1v) is 4.02. The summed E-state index contributed by atoms with van der Waals surface area (Å²) in [6.45, 7) is 1.79. The van der Waals surface area contributed by atoms with Crippen LogP contribution in [0, 0.1) is 18.6 Å². The van der Waals surface area contributed by atoms with Crippen molar-refractivity contribution >= 4 is 10.8 Å². The molecule has 0 saturated heterocycles. The van der Waals surface area contributed by atoms with Crippen LogP contribution in [0.25, 0.3) is 10.8 Å². The lowest BCUT2D eigenvalue weighted by Gasteiger charge is -2.01. The van der Waals surface area contributed by atoms with E-state index in [0.29, 0.717) is 10.8 Å². The molecule has 0 spiro atoms. The minimum atomic E-state index is -0.336. The second-order valence-corrected chi connectivity index (χ2v) is 3.11. The maximum Gasteiger partial charge on any atom is 0.131 e. The van der Waals surface area contributed by atoms with Crippen molar-refractivity contribution in [3.05, 3.63) is 47.5 Å². The lowest BCUT2D eigenvalue weighted by molar-refractivity contribution is 0.626. The van der Waals surface area contributed by atoms with E-state index < -0.39 is 0 Å². The molecule has 13 heavy (non-hydrogen) atoms. The van der Waals surface area contributed by atoms with Crippen molar-refractivity contribution in [2.45, 2.75) is 6.92 Å². The Bertz CT molecular complexity index is 456. The Hall–Kier alpha value is -1.44. The number of hydrogen-bond donors (Lipinski definition) is 0. The third kappa shape index (κ3) is 1.39. The number of benzene rings is 2. The van der Waals surface area contributed by atoms with Gasteiger partial charge in [-0.2, -0.15) is 0 Å². The molecular formula is C11H8F2. The summed E-state index contributed by atoms with van der Waals surface area (Å²) >= 11 is 0. The molecule has 0 nitrogen and oxygen atoms in total. The standard InChI is InChI=1S/C11H8F2/c1-7-4-8-6-9(12)2-3-10(8)11(13)5-7/h2-6H,1H3. The lowest BCUT2D eigenvalue weighted by Crippen LogP contribution is -1.83. The van der Waals surface area contributed by atoms with Gasteiger partial charge in [0.05, 0.1) is 0 Å². The minimum Gasteiger partial charge on any atom is -0.207 e. The fraction of sp³-hybridized carbons (Fsp3) is 0.0909. The van der Waals surface area contributed by atoms with Crippen LogP contribution in [0.4, 0.5) is 8.78 Å². The average molecular weight is 178 g/mol. The molecule has 0 bridgehead atoms. The van der Waals surface area contributed by atoms with Gasteiger partial charge in [0.15, 0.2) is 0 Å². The second kappa shape index (κ2) is 2.80. The van der Waals surface area contributed by atoms with Gasteiger partial charge in [0.1, 0.15) is 11.6 Å². The molecule has 0 saturated carbocycles. The summed E-state index contributed by atoms with van der Waals surface area (Å²) in [5.74, 6) is -0.632. The first-order valence-electron chi connectivity index (χ1n) is 4.02. The highest BCUT2D eigenvalue weighted by molar-refractivity contribution is 5.83. The molecule has 2 aromatic rings. The normalized spacial score (nSPS) is 10.7. The minimum absolute atomic E-state index is 0.296. The van der Waals surface area contributed by atoms with Gasteiger partial charge in [0.25, 0.3) is 0 Å². The predicted octanol–water partition coefficient (Wildman–Crippen LogP) is 3.43. The molecule has 2 heteroatoms. The first kappa shape index (κ1) is 8.17. The van der Waals surface area contributed by atoms with Gasteiger partial charge in [0.2, 0.25) is 0 Å². The van der Waals surface area contributed by atoms with Gasteiger partial charge in [-0.3, -0.25) is 0 Å². The SMILES string of the molecule is Cc1cc(F)c2ccc(F)cc2c1. The quantitative estimate of drug-likeness (QED) is 0.579. The van der Waals surface area contributed by atoms with Crippen molar-refractivity contribution in [1.29, 1.82) is 0 Å². The zero-order valence-corrected chi connectivity index (χ0v) is 7.14. The van der Waals surface area contributed by atoms with Gasteiger partial charge in [-0.25, -0.2) is 8.78 Å². The summed E-state index contributed by atoms with van der Waals surface area (Å²) in [5.41, 5.74) is 0.801. The summed E-state index contributed by atoms with van der Waals surface area (Å²) in [4.78, 5) is 0. The highest BCUT2D eigenvalue weighted by Gasteiger charge is 2.02. The Kier molecular flexibility index (Phi) is 1.76. The molecule has 0 amide bonds. The van der Waals surface area contributed by atoms with Gasteiger partial charge in [-0.05, 0) is 42.1 Å². The fourth-order valence-corrected chi connectivity index (χ4v) is 1.44. The monoisotopic (exact) mass is 178 g/mol. The van der Waals surface area contributed by atoms with Crippen LogP contribution in [0.1, 0.15) is 5.56 Å². The summed E-state index contributed by atoms with van der Waals surface area (Å²) < 4.78 is 26.0. The van der Waals surface area contributed by atoms with Crippen molar-refractivity contribution in [1.82, 2.24) is 0 Å². The molecule has 2 aromatic carbocycles. The fourth-order valence-electron chi connectivity index (χ4n) is 1.44. The number of aryl methyl sites for hydroxylation is 1. The third-order valence-corrected chi connectivity index (χ3v) is 2.01. The second-order valence-electron chi connectivity index (χ2n) is 3.11. The Balaban J connectivity index is 2.86. The van der Waals surface area contributed by atoms with E-state index in [0.717, 1.165) is 5.56 Å². The number of fused-ring (bicyclic) bond motifs is 1. The molecule has 0 atom stereocenters. The molecule has 0 radical (unpaired) electrons. The predicted molar refractivity (Wildman–Crippen MR) is 48.6 cm³/mol. The maximum atomic E-state index is 13.3. The van der Waals surface area contributed by atoms with E-state index in [2.05, 4.69) is 0 Å². The Morgan fingerprint density at radius 3 is 2.54 bits per heavy atom. The van der Waals surface area contributed by atoms with E-state index in [9.17, 15) is 8.78 Å². The van der Waals surface area contributed by atoms with Gasteiger partial charge in [-0.1, -0.05) is 6.07 Å². The average Bonchev–Trinajstić information content (AvgIpc) is 2.02. The zero-order chi connectivity index (χ0) is 9.42. The van der Waals surface area contributed by atoms with Crippen LogP contribution in [0.15, 0.2) is 30.3 Å². The van der Waals surface area contributed by atoms with Crippen LogP contribution in [0.5, 0.6) is 0 Å². The van der Waals surface area contributed by atoms with Crippen molar-refractivity contribution in [2.75, 3.05) is 0 Å². The highest BCUT2D eigenvalue weighted by Crippen LogP contribution is 2.20. The molecule has 66 valence electrons. The highest BCUT2D eigenvalue weighted by atomic mass is 19.1. The molecule has 0 aliphatic carbocycles. The Labute approximate surface area is 74.8 Å². The van der Waals surface area contributed by atoms with Crippen LogP contribution < -0.4 is 0 Å². The van der Waals surface area contributed by atoms with E-state index >= 15 is 0 Å². The molecule has 0 unspecified atom stereocenters. The van der Waals surface area contributed by atoms with E-state index in [1.165, 1.54) is 24.3 Å². The molecule has 0 aromatic heterocycles. The lowest BCUT2D eigenvalue weighted by atomic mass is 10.1. The van der Waals surface area contributed by atoms with E-state index in [1.54, 1.807) is 13.0 Å². The van der Waals surface area contributed by atoms with Crippen molar-refractivity contribution < 1.29 is 8.78 Å². The summed E-state index contributed by atoms with van der Waals surface area (Å²) in [5, 5.41) is 1.07. The molecule has 2 rings (SSSR count). The molecule has 0 fully saturated rings. The first-order chi connectivity index (χ1) is 6.16. The Morgan fingerprint density at radius 1 is 1.00 bits per heavy atom. The van der Waals surface area contributed by atoms with Gasteiger partial charge >= 0.3 is 0 Å². The van der Waals surface area contributed by atoms with Crippen LogP contribution in [0.2, 0.25) is 0 Å². The van der Waals surface area contributed by atoms with Crippen LogP contribution in [-0.4, -0.2) is 0 Å². The summed E-state index contributed by atoms with van der Waals surface area (Å²) in [6, 6.07) is 7.27. The van der Waals surface area contributed by atoms with Crippen LogP contribution in [-0.2, 0) is 0 Å². The molecule has 0 heterocycles. The van der Waals surface area contributed by atoms with Gasteiger partial charge in [0, 0.05) is 5.39 Å². The van der Waals surface area contributed by atoms with Crippen molar-refractivity contribution in [2.24, 2.45) is 0 Å². The molecule has 0 aliphatic heterocycles. The largest absolute Gasteiger partial charge is 0.207 e.